The minimum Gasteiger partial charge on any atom is -0.415 e. The molecule has 156 valence electrons. The minimum atomic E-state index is -3.86. The molecule has 1 aliphatic rings. The Labute approximate surface area is 180 Å². The summed E-state index contributed by atoms with van der Waals surface area (Å²) in [5.74, 6) is -0.355. The van der Waals surface area contributed by atoms with Crippen LogP contribution in [0.3, 0.4) is 0 Å². The highest BCUT2D eigenvalue weighted by molar-refractivity contribution is 7.55. The minimum absolute atomic E-state index is 0.283. The van der Waals surface area contributed by atoms with Crippen molar-refractivity contribution < 1.29 is 18.4 Å². The van der Waals surface area contributed by atoms with Gasteiger partial charge in [-0.3, -0.25) is 4.79 Å². The van der Waals surface area contributed by atoms with Crippen LogP contribution in [0.15, 0.2) is 48.5 Å². The zero-order valence-electron chi connectivity index (χ0n) is 16.0. The number of halogens is 2. The smallest absolute Gasteiger partial charge is 0.415 e. The average Bonchev–Trinajstić information content (AvgIpc) is 2.71. The number of carbonyl (C=O) groups is 1. The SMILES string of the molecule is C[C@H](N)C(=O)N1CCCC[C@@H]1P(=O)(Oc1ccc(Cl)cc1)Oc1ccc(Cl)cc1. The summed E-state index contributed by atoms with van der Waals surface area (Å²) >= 11 is 11.9. The molecule has 1 amide bonds. The summed E-state index contributed by atoms with van der Waals surface area (Å²) in [5, 5.41) is 1.05. The van der Waals surface area contributed by atoms with Crippen LogP contribution in [0.5, 0.6) is 11.5 Å². The molecule has 3 rings (SSSR count). The van der Waals surface area contributed by atoms with Gasteiger partial charge in [0.05, 0.1) is 6.04 Å². The molecule has 1 fully saturated rings. The highest BCUT2D eigenvalue weighted by Gasteiger charge is 2.46. The van der Waals surface area contributed by atoms with Crippen LogP contribution >= 0.6 is 30.8 Å². The van der Waals surface area contributed by atoms with Gasteiger partial charge in [-0.05, 0) is 74.7 Å². The first-order valence-electron chi connectivity index (χ1n) is 9.34. The molecule has 9 heteroatoms. The Morgan fingerprint density at radius 3 is 1.97 bits per heavy atom. The number of nitrogens with zero attached hydrogens (tertiary/aromatic N) is 1. The van der Waals surface area contributed by atoms with Crippen molar-refractivity contribution in [2.24, 2.45) is 5.73 Å². The topological polar surface area (TPSA) is 81.9 Å². The lowest BCUT2D eigenvalue weighted by atomic mass is 10.1. The van der Waals surface area contributed by atoms with E-state index in [4.69, 9.17) is 38.0 Å². The van der Waals surface area contributed by atoms with Crippen molar-refractivity contribution in [3.05, 3.63) is 58.6 Å². The largest absolute Gasteiger partial charge is 0.453 e. The lowest BCUT2D eigenvalue weighted by Gasteiger charge is -2.39. The average molecular weight is 457 g/mol. The van der Waals surface area contributed by atoms with E-state index in [1.807, 2.05) is 0 Å². The molecule has 2 aromatic rings. The van der Waals surface area contributed by atoms with Crippen LogP contribution < -0.4 is 14.8 Å². The van der Waals surface area contributed by atoms with Gasteiger partial charge >= 0.3 is 7.60 Å². The second kappa shape index (κ2) is 9.40. The third-order valence-electron chi connectivity index (χ3n) is 4.60. The van der Waals surface area contributed by atoms with Crippen LogP contribution in [-0.2, 0) is 9.36 Å². The Morgan fingerprint density at radius 2 is 1.52 bits per heavy atom. The van der Waals surface area contributed by atoms with Gasteiger partial charge < -0.3 is 19.7 Å². The lowest BCUT2D eigenvalue weighted by Crippen LogP contribution is -2.50. The van der Waals surface area contributed by atoms with E-state index in [0.717, 1.165) is 12.8 Å². The van der Waals surface area contributed by atoms with Gasteiger partial charge in [0.15, 0.2) is 5.78 Å². The summed E-state index contributed by atoms with van der Waals surface area (Å²) in [4.78, 5) is 14.2. The fourth-order valence-electron chi connectivity index (χ4n) is 3.19. The molecule has 2 aromatic carbocycles. The normalized spacial score (nSPS) is 18.2. The van der Waals surface area contributed by atoms with Crippen molar-refractivity contribution in [2.45, 2.75) is 38.0 Å². The summed E-state index contributed by atoms with van der Waals surface area (Å²) < 4.78 is 25.9. The Morgan fingerprint density at radius 1 is 1.03 bits per heavy atom. The molecule has 0 radical (unpaired) electrons. The molecule has 2 N–H and O–H groups in total. The van der Waals surface area contributed by atoms with E-state index < -0.39 is 19.4 Å². The van der Waals surface area contributed by atoms with Gasteiger partial charge in [0.2, 0.25) is 5.91 Å². The Kier molecular flexibility index (Phi) is 7.12. The lowest BCUT2D eigenvalue weighted by molar-refractivity contribution is -0.134. The molecule has 2 atom stereocenters. The molecule has 6 nitrogen and oxygen atoms in total. The second-order valence-electron chi connectivity index (χ2n) is 6.93. The molecule has 0 unspecified atom stereocenters. The monoisotopic (exact) mass is 456 g/mol. The Bertz CT molecular complexity index is 839. The van der Waals surface area contributed by atoms with Crippen LogP contribution in [0.25, 0.3) is 0 Å². The number of hydrogen-bond donors (Lipinski definition) is 1. The molecule has 1 saturated heterocycles. The number of hydrogen-bond acceptors (Lipinski definition) is 5. The Balaban J connectivity index is 1.97. The fourth-order valence-corrected chi connectivity index (χ4v) is 5.62. The maximum absolute atomic E-state index is 14.1. The van der Waals surface area contributed by atoms with Gasteiger partial charge in [-0.2, -0.15) is 0 Å². The zero-order chi connectivity index (χ0) is 21.0. The number of carbonyl (C=O) groups excluding carboxylic acids is 1. The first kappa shape index (κ1) is 22.0. The quantitative estimate of drug-likeness (QED) is 0.593. The van der Waals surface area contributed by atoms with E-state index in [1.165, 1.54) is 4.90 Å². The van der Waals surface area contributed by atoms with Crippen molar-refractivity contribution in [3.8, 4) is 11.5 Å². The van der Waals surface area contributed by atoms with Crippen molar-refractivity contribution in [2.75, 3.05) is 6.54 Å². The summed E-state index contributed by atoms with van der Waals surface area (Å²) in [6.45, 7) is 2.06. The summed E-state index contributed by atoms with van der Waals surface area (Å²) in [6, 6.07) is 12.3. The molecule has 1 aliphatic heterocycles. The van der Waals surface area contributed by atoms with E-state index in [0.29, 0.717) is 34.5 Å². The summed E-state index contributed by atoms with van der Waals surface area (Å²) in [5.41, 5.74) is 5.82. The van der Waals surface area contributed by atoms with Crippen LogP contribution in [0, 0.1) is 0 Å². The predicted molar refractivity (Wildman–Crippen MR) is 115 cm³/mol. The highest BCUT2D eigenvalue weighted by Crippen LogP contribution is 2.56. The standard InChI is InChI=1S/C20H23Cl2N2O4P/c1-14(23)20(25)24-13-3-2-4-19(24)29(26,27-17-9-5-15(21)6-10-17)28-18-11-7-16(22)8-12-18/h5-12,14,19H,2-4,13,23H2,1H3/t14-,19-/m0/s1. The van der Waals surface area contributed by atoms with Crippen LogP contribution in [0.1, 0.15) is 26.2 Å². The number of amides is 1. The van der Waals surface area contributed by atoms with Gasteiger partial charge in [0.25, 0.3) is 0 Å². The fraction of sp³-hybridized carbons (Fsp3) is 0.350. The second-order valence-corrected chi connectivity index (χ2v) is 9.84. The molecule has 0 aromatic heterocycles. The summed E-state index contributed by atoms with van der Waals surface area (Å²) in [6.07, 6.45) is 2.08. The maximum Gasteiger partial charge on any atom is 0.453 e. The molecule has 0 spiro atoms. The molecular weight excluding hydrogens is 434 g/mol. The number of nitrogens with two attached hydrogens (primary N) is 1. The van der Waals surface area contributed by atoms with Crippen LogP contribution in [0.4, 0.5) is 0 Å². The van der Waals surface area contributed by atoms with Crippen LogP contribution in [0.2, 0.25) is 10.0 Å². The highest BCUT2D eigenvalue weighted by atomic mass is 35.5. The van der Waals surface area contributed by atoms with E-state index in [1.54, 1.807) is 55.5 Å². The molecular formula is C20H23Cl2N2O4P. The summed E-state index contributed by atoms with van der Waals surface area (Å²) in [7, 11) is -3.86. The Hall–Kier alpha value is -1.72. The third kappa shape index (κ3) is 5.46. The third-order valence-corrected chi connectivity index (χ3v) is 7.30. The van der Waals surface area contributed by atoms with Gasteiger partial charge in [-0.1, -0.05) is 23.2 Å². The number of rotatable bonds is 6. The van der Waals surface area contributed by atoms with E-state index in [9.17, 15) is 9.36 Å². The van der Waals surface area contributed by atoms with Crippen LogP contribution in [-0.4, -0.2) is 29.2 Å². The van der Waals surface area contributed by atoms with E-state index >= 15 is 0 Å². The first-order chi connectivity index (χ1) is 13.8. The van der Waals surface area contributed by atoms with Crippen molar-refractivity contribution >= 4 is 36.7 Å². The number of piperidine rings is 1. The predicted octanol–water partition coefficient (Wildman–Crippen LogP) is 5.33. The van der Waals surface area contributed by atoms with Gasteiger partial charge in [-0.15, -0.1) is 0 Å². The van der Waals surface area contributed by atoms with Crippen molar-refractivity contribution in [3.63, 3.8) is 0 Å². The molecule has 0 saturated carbocycles. The van der Waals surface area contributed by atoms with Gasteiger partial charge in [-0.25, -0.2) is 4.57 Å². The number of benzene rings is 2. The molecule has 0 aliphatic carbocycles. The van der Waals surface area contributed by atoms with Gasteiger partial charge in [0.1, 0.15) is 11.5 Å². The molecule has 29 heavy (non-hydrogen) atoms. The van der Waals surface area contributed by atoms with Gasteiger partial charge in [0, 0.05) is 16.6 Å². The first-order valence-corrected chi connectivity index (χ1v) is 11.7. The van der Waals surface area contributed by atoms with E-state index in [2.05, 4.69) is 0 Å². The van der Waals surface area contributed by atoms with Crippen molar-refractivity contribution in [1.29, 1.82) is 0 Å². The molecule has 1 heterocycles. The van der Waals surface area contributed by atoms with Crippen molar-refractivity contribution in [1.82, 2.24) is 4.90 Å². The van der Waals surface area contributed by atoms with E-state index in [-0.39, 0.29) is 5.91 Å². The molecule has 0 bridgehead atoms. The maximum atomic E-state index is 14.1. The number of likely N-dealkylation sites (tertiary alicyclic amines) is 1. The zero-order valence-corrected chi connectivity index (χ0v) is 18.4.